The lowest BCUT2D eigenvalue weighted by molar-refractivity contribution is -0.147. The average Bonchev–Trinajstić information content (AvgIpc) is 2.71. The van der Waals surface area contributed by atoms with Gasteiger partial charge in [0.15, 0.2) is 0 Å². The van der Waals surface area contributed by atoms with Crippen LogP contribution in [0.15, 0.2) is 0 Å². The molecule has 0 aliphatic heterocycles. The Morgan fingerprint density at radius 1 is 1.29 bits per heavy atom. The topological polar surface area (TPSA) is 52.6 Å². The van der Waals surface area contributed by atoms with Crippen molar-refractivity contribution in [2.24, 2.45) is 5.41 Å². The van der Waals surface area contributed by atoms with E-state index in [0.29, 0.717) is 0 Å². The molecule has 0 heterocycles. The van der Waals surface area contributed by atoms with Gasteiger partial charge >= 0.3 is 11.9 Å². The number of halogens is 1. The number of carbonyl (C=O) groups excluding carboxylic acids is 2. The van der Waals surface area contributed by atoms with Gasteiger partial charge in [-0.2, -0.15) is 0 Å². The van der Waals surface area contributed by atoms with Crippen LogP contribution in [0.2, 0.25) is 0 Å². The van der Waals surface area contributed by atoms with Gasteiger partial charge in [0.1, 0.15) is 19.4 Å². The van der Waals surface area contributed by atoms with Crippen molar-refractivity contribution >= 4 is 11.9 Å². The quantitative estimate of drug-likeness (QED) is 0.637. The van der Waals surface area contributed by atoms with E-state index in [2.05, 4.69) is 0 Å². The zero-order chi connectivity index (χ0) is 10.8. The second-order valence-electron chi connectivity index (χ2n) is 3.59. The number of hydrogen-bond acceptors (Lipinski definition) is 4. The molecular weight excluding hydrogens is 191 g/mol. The molecule has 4 nitrogen and oxygen atoms in total. The average molecular weight is 204 g/mol. The van der Waals surface area contributed by atoms with Crippen LogP contribution < -0.4 is 0 Å². The molecule has 0 spiro atoms. The molecule has 0 aromatic carbocycles. The predicted molar refractivity (Wildman–Crippen MR) is 45.2 cm³/mol. The second-order valence-corrected chi connectivity index (χ2v) is 3.59. The van der Waals surface area contributed by atoms with Gasteiger partial charge in [-0.3, -0.25) is 9.59 Å². The van der Waals surface area contributed by atoms with Crippen LogP contribution in [0.4, 0.5) is 4.39 Å². The maximum Gasteiger partial charge on any atom is 0.302 e. The molecule has 0 saturated heterocycles. The highest BCUT2D eigenvalue weighted by Gasteiger charge is 2.57. The van der Waals surface area contributed by atoms with Crippen molar-refractivity contribution in [2.45, 2.75) is 26.4 Å². The fourth-order valence-electron chi connectivity index (χ4n) is 1.13. The van der Waals surface area contributed by atoms with E-state index in [0.717, 1.165) is 0 Å². The standard InChI is InChI=1S/C9H13FO4/c1-6(11)13-4-9(3-8(9)10)5-14-7(2)12/h8H,3-5H2,1-2H3/t8-/m1/s1. The van der Waals surface area contributed by atoms with Gasteiger partial charge in [-0.1, -0.05) is 0 Å². The zero-order valence-corrected chi connectivity index (χ0v) is 8.21. The molecule has 1 aliphatic rings. The van der Waals surface area contributed by atoms with Gasteiger partial charge < -0.3 is 9.47 Å². The van der Waals surface area contributed by atoms with Gasteiger partial charge in [-0.05, 0) is 6.42 Å². The first-order valence-electron chi connectivity index (χ1n) is 4.37. The van der Waals surface area contributed by atoms with E-state index >= 15 is 0 Å². The van der Waals surface area contributed by atoms with E-state index < -0.39 is 23.5 Å². The van der Waals surface area contributed by atoms with Crippen LogP contribution in [0.1, 0.15) is 20.3 Å². The molecule has 5 heteroatoms. The highest BCUT2D eigenvalue weighted by Crippen LogP contribution is 2.49. The molecule has 0 amide bonds. The molecule has 1 fully saturated rings. The first-order valence-corrected chi connectivity index (χ1v) is 4.37. The van der Waals surface area contributed by atoms with E-state index in [1.54, 1.807) is 0 Å². The van der Waals surface area contributed by atoms with Crippen molar-refractivity contribution in [1.29, 1.82) is 0 Å². The molecule has 0 N–H and O–H groups in total. The maximum absolute atomic E-state index is 12.9. The minimum Gasteiger partial charge on any atom is -0.465 e. The van der Waals surface area contributed by atoms with E-state index in [4.69, 9.17) is 9.47 Å². The lowest BCUT2D eigenvalue weighted by Crippen LogP contribution is -2.23. The van der Waals surface area contributed by atoms with Gasteiger partial charge in [0.25, 0.3) is 0 Å². The summed E-state index contributed by atoms with van der Waals surface area (Å²) in [5, 5.41) is 0. The van der Waals surface area contributed by atoms with E-state index in [1.807, 2.05) is 0 Å². The minimum absolute atomic E-state index is 0.0171. The van der Waals surface area contributed by atoms with Gasteiger partial charge in [0.05, 0.1) is 5.41 Å². The van der Waals surface area contributed by atoms with Crippen molar-refractivity contribution in [1.82, 2.24) is 0 Å². The Morgan fingerprint density at radius 2 is 1.64 bits per heavy atom. The third-order valence-corrected chi connectivity index (χ3v) is 2.22. The largest absolute Gasteiger partial charge is 0.465 e. The number of carbonyl (C=O) groups is 2. The predicted octanol–water partition coefficient (Wildman–Crippen LogP) is 0.841. The van der Waals surface area contributed by atoms with Crippen molar-refractivity contribution in [3.05, 3.63) is 0 Å². The number of rotatable bonds is 4. The normalized spacial score (nSPS) is 22.6. The Bertz CT molecular complexity index is 233. The smallest absolute Gasteiger partial charge is 0.302 e. The Balaban J connectivity index is 2.35. The Labute approximate surface area is 81.4 Å². The van der Waals surface area contributed by atoms with Crippen LogP contribution in [0.3, 0.4) is 0 Å². The van der Waals surface area contributed by atoms with Crippen LogP contribution in [-0.4, -0.2) is 31.3 Å². The van der Waals surface area contributed by atoms with Gasteiger partial charge in [-0.15, -0.1) is 0 Å². The number of esters is 2. The molecule has 0 aromatic heterocycles. The minimum atomic E-state index is -1.04. The number of alkyl halides is 1. The third kappa shape index (κ3) is 2.68. The van der Waals surface area contributed by atoms with E-state index in [9.17, 15) is 14.0 Å². The van der Waals surface area contributed by atoms with Crippen molar-refractivity contribution in [2.75, 3.05) is 13.2 Å². The first kappa shape index (κ1) is 10.9. The molecule has 0 unspecified atom stereocenters. The molecule has 0 bridgehead atoms. The monoisotopic (exact) mass is 204 g/mol. The maximum atomic E-state index is 12.9. The van der Waals surface area contributed by atoms with Crippen LogP contribution in [0.5, 0.6) is 0 Å². The second kappa shape index (κ2) is 3.94. The molecule has 80 valence electrons. The lowest BCUT2D eigenvalue weighted by Gasteiger charge is -2.14. The van der Waals surface area contributed by atoms with Crippen molar-refractivity contribution in [3.63, 3.8) is 0 Å². The fourth-order valence-corrected chi connectivity index (χ4v) is 1.13. The van der Waals surface area contributed by atoms with Crippen LogP contribution in [0.25, 0.3) is 0 Å². The van der Waals surface area contributed by atoms with Gasteiger partial charge in [0, 0.05) is 13.8 Å². The summed E-state index contributed by atoms with van der Waals surface area (Å²) in [5.74, 6) is -0.905. The highest BCUT2D eigenvalue weighted by molar-refractivity contribution is 5.66. The van der Waals surface area contributed by atoms with Gasteiger partial charge in [-0.25, -0.2) is 4.39 Å². The fraction of sp³-hybridized carbons (Fsp3) is 0.778. The van der Waals surface area contributed by atoms with E-state index in [1.165, 1.54) is 13.8 Å². The van der Waals surface area contributed by atoms with Crippen LogP contribution in [-0.2, 0) is 19.1 Å². The summed E-state index contributed by atoms with van der Waals surface area (Å²) in [4.78, 5) is 21.0. The number of hydrogen-bond donors (Lipinski definition) is 0. The van der Waals surface area contributed by atoms with E-state index in [-0.39, 0.29) is 19.6 Å². The molecule has 0 aromatic rings. The molecule has 14 heavy (non-hydrogen) atoms. The summed E-state index contributed by atoms with van der Waals surface area (Å²) < 4.78 is 22.4. The molecule has 1 rings (SSSR count). The van der Waals surface area contributed by atoms with Crippen LogP contribution >= 0.6 is 0 Å². The summed E-state index contributed by atoms with van der Waals surface area (Å²) in [7, 11) is 0. The summed E-state index contributed by atoms with van der Waals surface area (Å²) in [6.07, 6.45) is -0.755. The summed E-state index contributed by atoms with van der Waals surface area (Å²) >= 11 is 0. The SMILES string of the molecule is CC(=O)OCC1(COC(C)=O)C[C@H]1F. The highest BCUT2D eigenvalue weighted by atomic mass is 19.1. The van der Waals surface area contributed by atoms with Crippen molar-refractivity contribution < 1.29 is 23.5 Å². The van der Waals surface area contributed by atoms with Gasteiger partial charge in [0.2, 0.25) is 0 Å². The first-order chi connectivity index (χ1) is 6.46. The molecular formula is C9H13FO4. The molecule has 1 atom stereocenters. The molecule has 1 aliphatic carbocycles. The number of ether oxygens (including phenoxy) is 2. The Hall–Kier alpha value is -1.13. The zero-order valence-electron chi connectivity index (χ0n) is 8.21. The Kier molecular flexibility index (Phi) is 3.08. The molecule has 0 radical (unpaired) electrons. The Morgan fingerprint density at radius 3 is 1.86 bits per heavy atom. The summed E-state index contributed by atoms with van der Waals surface area (Å²) in [6.45, 7) is 2.48. The lowest BCUT2D eigenvalue weighted by atomic mass is 10.1. The van der Waals surface area contributed by atoms with Crippen molar-refractivity contribution in [3.8, 4) is 0 Å². The third-order valence-electron chi connectivity index (χ3n) is 2.22. The summed E-state index contributed by atoms with van der Waals surface area (Å²) in [5.41, 5.74) is -0.780. The van der Waals surface area contributed by atoms with Crippen LogP contribution in [0, 0.1) is 5.41 Å². The molecule has 1 saturated carbocycles. The summed E-state index contributed by atoms with van der Waals surface area (Å²) in [6, 6.07) is 0.